The van der Waals surface area contributed by atoms with Gasteiger partial charge in [0, 0.05) is 6.54 Å². The molecule has 0 saturated carbocycles. The molecular formula is C26H25ClF3N3O4S. The standard InChI is InChI=1S/C26H25ClF3N3O4S/c1-17(2)15-31-25(35)20-10-6-7-11-23(20)32-24(34)16-33(38(36,37)19-8-4-3-5-9-19)18-12-13-22(27)21(14-18)26(28,29)30/h3-14,17H,15-16H2,1-2H3,(H,31,35)(H,32,34). The molecule has 0 spiro atoms. The largest absolute Gasteiger partial charge is 0.417 e. The first-order valence-corrected chi connectivity index (χ1v) is 13.2. The molecule has 0 atom stereocenters. The van der Waals surface area contributed by atoms with Gasteiger partial charge >= 0.3 is 6.18 Å². The van der Waals surface area contributed by atoms with E-state index in [1.165, 1.54) is 36.4 Å². The van der Waals surface area contributed by atoms with Crippen LogP contribution in [0.2, 0.25) is 5.02 Å². The molecule has 12 heteroatoms. The SMILES string of the molecule is CC(C)CNC(=O)c1ccccc1NC(=O)CN(c1ccc(Cl)c(C(F)(F)F)c1)S(=O)(=O)c1ccccc1. The molecule has 0 heterocycles. The van der Waals surface area contributed by atoms with Crippen LogP contribution in [0.15, 0.2) is 77.7 Å². The van der Waals surface area contributed by atoms with Crippen molar-refractivity contribution in [1.82, 2.24) is 5.32 Å². The van der Waals surface area contributed by atoms with Crippen LogP contribution in [0.5, 0.6) is 0 Å². The van der Waals surface area contributed by atoms with Crippen LogP contribution in [0, 0.1) is 5.92 Å². The summed E-state index contributed by atoms with van der Waals surface area (Å²) >= 11 is 5.72. The van der Waals surface area contributed by atoms with Gasteiger partial charge in [0.1, 0.15) is 6.54 Å². The third kappa shape index (κ3) is 7.05. The van der Waals surface area contributed by atoms with E-state index in [2.05, 4.69) is 10.6 Å². The molecule has 2 N–H and O–H groups in total. The van der Waals surface area contributed by atoms with Crippen molar-refractivity contribution in [2.24, 2.45) is 5.92 Å². The predicted octanol–water partition coefficient (Wildman–Crippen LogP) is 5.58. The van der Waals surface area contributed by atoms with Crippen molar-refractivity contribution in [3.63, 3.8) is 0 Å². The van der Waals surface area contributed by atoms with Gasteiger partial charge in [-0.05, 0) is 48.4 Å². The third-order valence-corrected chi connectivity index (χ3v) is 7.40. The van der Waals surface area contributed by atoms with Gasteiger partial charge in [-0.3, -0.25) is 13.9 Å². The second-order valence-electron chi connectivity index (χ2n) is 8.68. The van der Waals surface area contributed by atoms with Gasteiger partial charge in [0.25, 0.3) is 15.9 Å². The van der Waals surface area contributed by atoms with Crippen molar-refractivity contribution in [3.8, 4) is 0 Å². The molecule has 0 fully saturated rings. The number of benzene rings is 3. The summed E-state index contributed by atoms with van der Waals surface area (Å²) in [6.07, 6.45) is -4.86. The van der Waals surface area contributed by atoms with Crippen LogP contribution < -0.4 is 14.9 Å². The third-order valence-electron chi connectivity index (χ3n) is 5.28. The Hall–Kier alpha value is -3.57. The molecule has 7 nitrogen and oxygen atoms in total. The number of amides is 2. The molecule has 2 amide bonds. The number of hydrogen-bond donors (Lipinski definition) is 2. The molecule has 0 saturated heterocycles. The highest BCUT2D eigenvalue weighted by Crippen LogP contribution is 2.38. The summed E-state index contributed by atoms with van der Waals surface area (Å²) in [5, 5.41) is 4.62. The molecule has 0 aromatic heterocycles. The van der Waals surface area contributed by atoms with E-state index >= 15 is 0 Å². The lowest BCUT2D eigenvalue weighted by Gasteiger charge is -2.25. The number of carbonyl (C=O) groups excluding carboxylic acids is 2. The number of para-hydroxylation sites is 1. The minimum Gasteiger partial charge on any atom is -0.352 e. The van der Waals surface area contributed by atoms with Gasteiger partial charge in [-0.25, -0.2) is 8.42 Å². The average molecular weight is 568 g/mol. The highest BCUT2D eigenvalue weighted by Gasteiger charge is 2.35. The Labute approximate surface area is 223 Å². The van der Waals surface area contributed by atoms with Crippen LogP contribution in [-0.2, 0) is 21.0 Å². The van der Waals surface area contributed by atoms with E-state index in [-0.39, 0.29) is 22.1 Å². The van der Waals surface area contributed by atoms with E-state index in [1.54, 1.807) is 18.2 Å². The zero-order chi connectivity index (χ0) is 28.1. The molecule has 0 aliphatic rings. The van der Waals surface area contributed by atoms with Crippen molar-refractivity contribution in [2.45, 2.75) is 24.9 Å². The summed E-state index contributed by atoms with van der Waals surface area (Å²) in [7, 11) is -4.48. The van der Waals surface area contributed by atoms with Crippen molar-refractivity contribution in [2.75, 3.05) is 22.7 Å². The van der Waals surface area contributed by atoms with Gasteiger partial charge in [0.2, 0.25) is 5.91 Å². The lowest BCUT2D eigenvalue weighted by molar-refractivity contribution is -0.137. The van der Waals surface area contributed by atoms with Gasteiger partial charge < -0.3 is 10.6 Å². The molecule has 0 unspecified atom stereocenters. The number of nitrogens with one attached hydrogen (secondary N) is 2. The summed E-state index contributed by atoms with van der Waals surface area (Å²) in [6.45, 7) is 3.34. The Bertz CT molecular complexity index is 1410. The van der Waals surface area contributed by atoms with Crippen molar-refractivity contribution < 1.29 is 31.2 Å². The number of carbonyl (C=O) groups is 2. The average Bonchev–Trinajstić information content (AvgIpc) is 2.86. The Morgan fingerprint density at radius 2 is 1.61 bits per heavy atom. The summed E-state index contributed by atoms with van der Waals surface area (Å²) in [6, 6.07) is 15.7. The van der Waals surface area contributed by atoms with Crippen molar-refractivity contribution in [3.05, 3.63) is 88.9 Å². The molecule has 0 aliphatic heterocycles. The Kier molecular flexibility index (Phi) is 9.05. The lowest BCUT2D eigenvalue weighted by atomic mass is 10.1. The van der Waals surface area contributed by atoms with Crippen LogP contribution in [0.25, 0.3) is 0 Å². The normalized spacial score (nSPS) is 11.8. The second kappa shape index (κ2) is 11.9. The lowest BCUT2D eigenvalue weighted by Crippen LogP contribution is -2.38. The van der Waals surface area contributed by atoms with Gasteiger partial charge in [0.05, 0.1) is 32.4 Å². The molecule has 3 aromatic carbocycles. The van der Waals surface area contributed by atoms with Gasteiger partial charge in [-0.15, -0.1) is 0 Å². The summed E-state index contributed by atoms with van der Waals surface area (Å²) in [4.78, 5) is 25.4. The van der Waals surface area contributed by atoms with Crippen molar-refractivity contribution in [1.29, 1.82) is 0 Å². The Balaban J connectivity index is 1.98. The number of sulfonamides is 1. The fraction of sp³-hybridized carbons (Fsp3) is 0.231. The zero-order valence-electron chi connectivity index (χ0n) is 20.4. The minimum atomic E-state index is -4.86. The van der Waals surface area contributed by atoms with Crippen LogP contribution in [0.4, 0.5) is 24.5 Å². The van der Waals surface area contributed by atoms with E-state index in [4.69, 9.17) is 11.6 Å². The van der Waals surface area contributed by atoms with E-state index in [1.807, 2.05) is 13.8 Å². The maximum Gasteiger partial charge on any atom is 0.417 e. The Morgan fingerprint density at radius 1 is 0.974 bits per heavy atom. The molecule has 0 radical (unpaired) electrons. The molecule has 38 heavy (non-hydrogen) atoms. The first-order valence-electron chi connectivity index (χ1n) is 11.4. The number of nitrogens with zero attached hydrogens (tertiary/aromatic N) is 1. The highest BCUT2D eigenvalue weighted by molar-refractivity contribution is 7.92. The number of alkyl halides is 3. The van der Waals surface area contributed by atoms with E-state index in [9.17, 15) is 31.2 Å². The highest BCUT2D eigenvalue weighted by atomic mass is 35.5. The fourth-order valence-electron chi connectivity index (χ4n) is 3.42. The summed E-state index contributed by atoms with van der Waals surface area (Å²) in [5.74, 6) is -1.15. The van der Waals surface area contributed by atoms with E-state index < -0.39 is 50.8 Å². The van der Waals surface area contributed by atoms with Gasteiger partial charge in [-0.1, -0.05) is 55.8 Å². The van der Waals surface area contributed by atoms with E-state index in [0.29, 0.717) is 16.9 Å². The van der Waals surface area contributed by atoms with Crippen LogP contribution >= 0.6 is 11.6 Å². The van der Waals surface area contributed by atoms with Crippen LogP contribution in [0.1, 0.15) is 29.8 Å². The molecule has 0 aliphatic carbocycles. The number of rotatable bonds is 9. The monoisotopic (exact) mass is 567 g/mol. The smallest absolute Gasteiger partial charge is 0.352 e. The van der Waals surface area contributed by atoms with E-state index in [0.717, 1.165) is 12.1 Å². The number of hydrogen-bond acceptors (Lipinski definition) is 4. The molecular weight excluding hydrogens is 543 g/mol. The van der Waals surface area contributed by atoms with Crippen LogP contribution in [-0.4, -0.2) is 33.3 Å². The maximum atomic E-state index is 13.5. The number of anilines is 2. The van der Waals surface area contributed by atoms with Gasteiger partial charge in [-0.2, -0.15) is 13.2 Å². The zero-order valence-corrected chi connectivity index (χ0v) is 22.0. The molecule has 0 bridgehead atoms. The first kappa shape index (κ1) is 29.0. The maximum absolute atomic E-state index is 13.5. The summed E-state index contributed by atoms with van der Waals surface area (Å²) < 4.78 is 68.1. The van der Waals surface area contributed by atoms with Crippen molar-refractivity contribution >= 4 is 44.8 Å². The molecule has 3 aromatic rings. The van der Waals surface area contributed by atoms with Gasteiger partial charge in [0.15, 0.2) is 0 Å². The first-order chi connectivity index (χ1) is 17.8. The summed E-state index contributed by atoms with van der Waals surface area (Å²) in [5.41, 5.74) is -1.41. The quantitative estimate of drug-likeness (QED) is 0.353. The Morgan fingerprint density at radius 3 is 2.24 bits per heavy atom. The molecule has 3 rings (SSSR count). The fourth-order valence-corrected chi connectivity index (χ4v) is 5.08. The molecule has 202 valence electrons. The minimum absolute atomic E-state index is 0.114. The van der Waals surface area contributed by atoms with Crippen LogP contribution in [0.3, 0.4) is 0 Å². The second-order valence-corrected chi connectivity index (χ2v) is 11.0. The predicted molar refractivity (Wildman–Crippen MR) is 140 cm³/mol. The number of halogens is 4. The topological polar surface area (TPSA) is 95.6 Å².